The molecule has 1 aliphatic heterocycles. The average Bonchev–Trinajstić information content (AvgIpc) is 3.16. The minimum absolute atomic E-state index is 0.0182. The van der Waals surface area contributed by atoms with Crippen LogP contribution in [0.5, 0.6) is 5.75 Å². The lowest BCUT2D eigenvalue weighted by Gasteiger charge is -2.11. The minimum atomic E-state index is -0.439. The van der Waals surface area contributed by atoms with Gasteiger partial charge >= 0.3 is 0 Å². The Balaban J connectivity index is 1.81. The third kappa shape index (κ3) is 5.94. The molecule has 7 heteroatoms. The van der Waals surface area contributed by atoms with E-state index in [1.807, 2.05) is 6.07 Å². The molecule has 2 amide bonds. The van der Waals surface area contributed by atoms with Crippen molar-refractivity contribution in [1.82, 2.24) is 10.6 Å². The Morgan fingerprint density at radius 2 is 2.16 bits per heavy atom. The van der Waals surface area contributed by atoms with Gasteiger partial charge in [-0.25, -0.2) is 0 Å². The van der Waals surface area contributed by atoms with Crippen LogP contribution in [0.1, 0.15) is 18.4 Å². The van der Waals surface area contributed by atoms with E-state index in [4.69, 9.17) is 14.7 Å². The summed E-state index contributed by atoms with van der Waals surface area (Å²) in [6, 6.07) is 8.62. The highest BCUT2D eigenvalue weighted by molar-refractivity contribution is 6.01. The highest BCUT2D eigenvalue weighted by Crippen LogP contribution is 2.15. The number of ether oxygens (including phenoxy) is 2. The second-order valence-corrected chi connectivity index (χ2v) is 5.55. The summed E-state index contributed by atoms with van der Waals surface area (Å²) in [7, 11) is 1.47. The van der Waals surface area contributed by atoms with Crippen molar-refractivity contribution in [2.24, 2.45) is 0 Å². The molecule has 1 aromatic rings. The predicted molar refractivity (Wildman–Crippen MR) is 91.6 cm³/mol. The molecule has 1 fully saturated rings. The van der Waals surface area contributed by atoms with E-state index in [0.29, 0.717) is 17.9 Å². The van der Waals surface area contributed by atoms with E-state index in [1.54, 1.807) is 24.3 Å². The van der Waals surface area contributed by atoms with Crippen LogP contribution in [0.25, 0.3) is 6.08 Å². The maximum atomic E-state index is 11.8. The molecule has 0 bridgehead atoms. The fourth-order valence-electron chi connectivity index (χ4n) is 2.34. The van der Waals surface area contributed by atoms with E-state index < -0.39 is 5.91 Å². The molecule has 7 nitrogen and oxygen atoms in total. The Morgan fingerprint density at radius 3 is 2.76 bits per heavy atom. The molecule has 0 radical (unpaired) electrons. The van der Waals surface area contributed by atoms with E-state index in [0.717, 1.165) is 19.4 Å². The van der Waals surface area contributed by atoms with Crippen molar-refractivity contribution in [3.05, 3.63) is 35.4 Å². The lowest BCUT2D eigenvalue weighted by Crippen LogP contribution is -2.35. The van der Waals surface area contributed by atoms with Gasteiger partial charge in [0.2, 0.25) is 0 Å². The maximum Gasteiger partial charge on any atom is 0.261 e. The summed E-state index contributed by atoms with van der Waals surface area (Å²) in [6.07, 6.45) is 3.59. The number of hydrogen-bond acceptors (Lipinski definition) is 5. The number of carbonyl (C=O) groups is 2. The Labute approximate surface area is 146 Å². The first-order chi connectivity index (χ1) is 12.1. The first-order valence-corrected chi connectivity index (χ1v) is 8.07. The SMILES string of the molecule is CNC(=O)/C(C#N)=C/c1ccc(OCC(=O)NC[C@@H]2CCCO2)cc1. The molecule has 0 saturated carbocycles. The number of nitrogens with zero attached hydrogens (tertiary/aromatic N) is 1. The molecule has 2 N–H and O–H groups in total. The number of nitrogens with one attached hydrogen (secondary N) is 2. The van der Waals surface area contributed by atoms with Crippen molar-refractivity contribution in [2.45, 2.75) is 18.9 Å². The molecule has 0 aliphatic carbocycles. The van der Waals surface area contributed by atoms with Gasteiger partial charge in [0.25, 0.3) is 11.8 Å². The van der Waals surface area contributed by atoms with E-state index in [9.17, 15) is 9.59 Å². The minimum Gasteiger partial charge on any atom is -0.484 e. The zero-order chi connectivity index (χ0) is 18.1. The van der Waals surface area contributed by atoms with Crippen LogP contribution in [-0.2, 0) is 14.3 Å². The summed E-state index contributed by atoms with van der Waals surface area (Å²) < 4.78 is 10.9. The van der Waals surface area contributed by atoms with Crippen LogP contribution in [0.3, 0.4) is 0 Å². The largest absolute Gasteiger partial charge is 0.484 e. The number of nitriles is 1. The molecule has 132 valence electrons. The molecule has 2 rings (SSSR count). The average molecular weight is 343 g/mol. The first kappa shape index (κ1) is 18.5. The summed E-state index contributed by atoms with van der Waals surface area (Å²) in [6.45, 7) is 1.18. The van der Waals surface area contributed by atoms with Crippen molar-refractivity contribution in [1.29, 1.82) is 5.26 Å². The van der Waals surface area contributed by atoms with Gasteiger partial charge in [0.05, 0.1) is 6.10 Å². The van der Waals surface area contributed by atoms with Crippen LogP contribution >= 0.6 is 0 Å². The van der Waals surface area contributed by atoms with Gasteiger partial charge in [-0.3, -0.25) is 9.59 Å². The van der Waals surface area contributed by atoms with E-state index >= 15 is 0 Å². The molecular formula is C18H21N3O4. The lowest BCUT2D eigenvalue weighted by molar-refractivity contribution is -0.123. The molecule has 1 saturated heterocycles. The number of rotatable bonds is 7. The quantitative estimate of drug-likeness (QED) is 0.568. The fraction of sp³-hybridized carbons (Fsp3) is 0.389. The fourth-order valence-corrected chi connectivity index (χ4v) is 2.34. The normalized spacial score (nSPS) is 16.8. The molecular weight excluding hydrogens is 322 g/mol. The number of amides is 2. The lowest BCUT2D eigenvalue weighted by atomic mass is 10.1. The Kier molecular flexibility index (Phi) is 6.99. The van der Waals surface area contributed by atoms with Crippen molar-refractivity contribution >= 4 is 17.9 Å². The second-order valence-electron chi connectivity index (χ2n) is 5.55. The van der Waals surface area contributed by atoms with Crippen LogP contribution in [0, 0.1) is 11.3 Å². The third-order valence-electron chi connectivity index (χ3n) is 3.70. The van der Waals surface area contributed by atoms with Crippen LogP contribution in [-0.4, -0.2) is 44.7 Å². The second kappa shape index (κ2) is 9.45. The van der Waals surface area contributed by atoms with E-state index in [2.05, 4.69) is 10.6 Å². The maximum absolute atomic E-state index is 11.8. The molecule has 0 aromatic heterocycles. The standard InChI is InChI=1S/C18H21N3O4/c1-20-18(23)14(10-19)9-13-4-6-15(7-5-13)25-12-17(22)21-11-16-3-2-8-24-16/h4-7,9,16H,2-3,8,11-12H2,1H3,(H,20,23)(H,21,22)/b14-9+/t16-/m0/s1. The van der Waals surface area contributed by atoms with Crippen molar-refractivity contribution in [3.63, 3.8) is 0 Å². The number of carbonyl (C=O) groups excluding carboxylic acids is 2. The topological polar surface area (TPSA) is 100 Å². The van der Waals surface area contributed by atoms with Gasteiger partial charge in [0.1, 0.15) is 17.4 Å². The molecule has 0 spiro atoms. The summed E-state index contributed by atoms with van der Waals surface area (Å²) in [5.41, 5.74) is 0.708. The van der Waals surface area contributed by atoms with Crippen molar-refractivity contribution in [3.8, 4) is 11.8 Å². The van der Waals surface area contributed by atoms with Gasteiger partial charge in [-0.2, -0.15) is 5.26 Å². The smallest absolute Gasteiger partial charge is 0.261 e. The molecule has 25 heavy (non-hydrogen) atoms. The molecule has 1 aliphatic rings. The van der Waals surface area contributed by atoms with Gasteiger partial charge in [-0.15, -0.1) is 0 Å². The number of likely N-dealkylation sites (N-methyl/N-ethyl adjacent to an activating group) is 1. The van der Waals surface area contributed by atoms with Gasteiger partial charge < -0.3 is 20.1 Å². The van der Waals surface area contributed by atoms with Crippen LogP contribution in [0.2, 0.25) is 0 Å². The zero-order valence-electron chi connectivity index (χ0n) is 14.1. The predicted octanol–water partition coefficient (Wildman–Crippen LogP) is 1.01. The Bertz CT molecular complexity index is 671. The van der Waals surface area contributed by atoms with Crippen LogP contribution in [0.4, 0.5) is 0 Å². The molecule has 1 aromatic carbocycles. The molecule has 1 heterocycles. The van der Waals surface area contributed by atoms with Gasteiger partial charge in [0, 0.05) is 20.2 Å². The zero-order valence-corrected chi connectivity index (χ0v) is 14.1. The van der Waals surface area contributed by atoms with Crippen molar-refractivity contribution in [2.75, 3.05) is 26.8 Å². The summed E-state index contributed by atoms with van der Waals surface area (Å²) in [5.74, 6) is -0.112. The van der Waals surface area contributed by atoms with Gasteiger partial charge in [-0.05, 0) is 36.6 Å². The summed E-state index contributed by atoms with van der Waals surface area (Å²) in [5, 5.41) is 14.1. The molecule has 1 atom stereocenters. The van der Waals surface area contributed by atoms with Crippen molar-refractivity contribution < 1.29 is 19.1 Å². The monoisotopic (exact) mass is 343 g/mol. The first-order valence-electron chi connectivity index (χ1n) is 8.07. The summed E-state index contributed by atoms with van der Waals surface area (Å²) >= 11 is 0. The van der Waals surface area contributed by atoms with Gasteiger partial charge in [0.15, 0.2) is 6.61 Å². The summed E-state index contributed by atoms with van der Waals surface area (Å²) in [4.78, 5) is 23.2. The van der Waals surface area contributed by atoms with Gasteiger partial charge in [-0.1, -0.05) is 12.1 Å². The number of hydrogen-bond donors (Lipinski definition) is 2. The van der Waals surface area contributed by atoms with E-state index in [-0.39, 0.29) is 24.2 Å². The van der Waals surface area contributed by atoms with E-state index in [1.165, 1.54) is 13.1 Å². The Morgan fingerprint density at radius 1 is 1.40 bits per heavy atom. The molecule has 0 unspecified atom stereocenters. The Hall–Kier alpha value is -2.85. The number of benzene rings is 1. The van der Waals surface area contributed by atoms with Crippen LogP contribution < -0.4 is 15.4 Å². The highest BCUT2D eigenvalue weighted by atomic mass is 16.5. The highest BCUT2D eigenvalue weighted by Gasteiger charge is 2.16. The van der Waals surface area contributed by atoms with Crippen LogP contribution in [0.15, 0.2) is 29.8 Å². The third-order valence-corrected chi connectivity index (χ3v) is 3.70.